The van der Waals surface area contributed by atoms with E-state index in [0.717, 1.165) is 17.5 Å². The van der Waals surface area contributed by atoms with E-state index >= 15 is 0 Å². The summed E-state index contributed by atoms with van der Waals surface area (Å²) in [5.41, 5.74) is 1.95. The molecule has 0 bridgehead atoms. The molecule has 3 nitrogen and oxygen atoms in total. The summed E-state index contributed by atoms with van der Waals surface area (Å²) in [6.07, 6.45) is 2.87. The largest absolute Gasteiger partial charge is 0.477 e. The zero-order chi connectivity index (χ0) is 13.0. The fourth-order valence-corrected chi connectivity index (χ4v) is 2.02. The molecule has 1 N–H and O–H groups in total. The Kier molecular flexibility index (Phi) is 5.80. The van der Waals surface area contributed by atoms with Crippen molar-refractivity contribution in [2.24, 2.45) is 0 Å². The van der Waals surface area contributed by atoms with E-state index < -0.39 is 5.97 Å². The average Bonchev–Trinajstić information content (AvgIpc) is 2.37. The van der Waals surface area contributed by atoms with Crippen molar-refractivity contribution in [1.82, 2.24) is 4.98 Å². The molecule has 0 saturated carbocycles. The molecule has 0 saturated heterocycles. The van der Waals surface area contributed by atoms with Gasteiger partial charge in [-0.1, -0.05) is 29.8 Å². The minimum absolute atomic E-state index is 0. The SMILES string of the molecule is Cl.O=C(O)c1ncccc1CCc1cccc(Cl)c1. The molecule has 0 aliphatic heterocycles. The number of hydrogen-bond donors (Lipinski definition) is 1. The van der Waals surface area contributed by atoms with Gasteiger partial charge in [-0.05, 0) is 42.2 Å². The zero-order valence-electron chi connectivity index (χ0n) is 10.0. The Hall–Kier alpha value is -1.58. The normalized spacial score (nSPS) is 9.74. The van der Waals surface area contributed by atoms with Crippen molar-refractivity contribution < 1.29 is 9.90 Å². The van der Waals surface area contributed by atoms with Gasteiger partial charge in [0.05, 0.1) is 0 Å². The van der Waals surface area contributed by atoms with Gasteiger partial charge in [0.2, 0.25) is 0 Å². The van der Waals surface area contributed by atoms with Gasteiger partial charge in [0, 0.05) is 11.2 Å². The molecule has 1 heterocycles. The number of carbonyl (C=O) groups is 1. The van der Waals surface area contributed by atoms with Gasteiger partial charge < -0.3 is 5.11 Å². The predicted molar refractivity (Wildman–Crippen MR) is 77.3 cm³/mol. The van der Waals surface area contributed by atoms with Gasteiger partial charge in [0.15, 0.2) is 5.69 Å². The van der Waals surface area contributed by atoms with E-state index in [1.165, 1.54) is 6.20 Å². The molecule has 1 aromatic carbocycles. The van der Waals surface area contributed by atoms with Crippen molar-refractivity contribution in [1.29, 1.82) is 0 Å². The van der Waals surface area contributed by atoms with Gasteiger partial charge in [-0.25, -0.2) is 9.78 Å². The Labute approximate surface area is 122 Å². The third-order valence-electron chi connectivity index (χ3n) is 2.67. The number of carboxylic acid groups (broad SMARTS) is 1. The van der Waals surface area contributed by atoms with Crippen LogP contribution < -0.4 is 0 Å². The Morgan fingerprint density at radius 1 is 1.21 bits per heavy atom. The molecule has 0 radical (unpaired) electrons. The molecule has 100 valence electrons. The summed E-state index contributed by atoms with van der Waals surface area (Å²) in [6, 6.07) is 11.1. The quantitative estimate of drug-likeness (QED) is 0.937. The second kappa shape index (κ2) is 7.12. The molecule has 5 heteroatoms. The highest BCUT2D eigenvalue weighted by Gasteiger charge is 2.10. The van der Waals surface area contributed by atoms with E-state index in [9.17, 15) is 4.79 Å². The number of aryl methyl sites for hydroxylation is 2. The summed E-state index contributed by atoms with van der Waals surface area (Å²) in [7, 11) is 0. The summed E-state index contributed by atoms with van der Waals surface area (Å²) >= 11 is 5.90. The molecule has 0 aliphatic carbocycles. The topological polar surface area (TPSA) is 50.2 Å². The highest BCUT2D eigenvalue weighted by atomic mass is 35.5. The van der Waals surface area contributed by atoms with Crippen LogP contribution in [0.15, 0.2) is 42.6 Å². The Morgan fingerprint density at radius 2 is 2.00 bits per heavy atom. The molecule has 19 heavy (non-hydrogen) atoms. The number of rotatable bonds is 4. The molecular weight excluding hydrogens is 285 g/mol. The summed E-state index contributed by atoms with van der Waals surface area (Å²) in [6.45, 7) is 0. The van der Waals surface area contributed by atoms with Crippen LogP contribution >= 0.6 is 24.0 Å². The molecule has 1 aromatic heterocycles. The minimum Gasteiger partial charge on any atom is -0.477 e. The van der Waals surface area contributed by atoms with E-state index in [1.807, 2.05) is 24.3 Å². The minimum atomic E-state index is -0.989. The van der Waals surface area contributed by atoms with Gasteiger partial charge in [0.1, 0.15) is 0 Å². The number of pyridine rings is 1. The molecule has 0 spiro atoms. The van der Waals surface area contributed by atoms with E-state index in [0.29, 0.717) is 11.4 Å². The van der Waals surface area contributed by atoms with Crippen LogP contribution in [0, 0.1) is 0 Å². The average molecular weight is 298 g/mol. The number of hydrogen-bond acceptors (Lipinski definition) is 2. The zero-order valence-corrected chi connectivity index (χ0v) is 11.6. The van der Waals surface area contributed by atoms with Crippen molar-refractivity contribution in [3.05, 3.63) is 64.4 Å². The predicted octanol–water partition coefficient (Wildman–Crippen LogP) is 3.64. The van der Waals surface area contributed by atoms with Crippen LogP contribution in [0.4, 0.5) is 0 Å². The van der Waals surface area contributed by atoms with Crippen LogP contribution in [0.1, 0.15) is 21.6 Å². The monoisotopic (exact) mass is 297 g/mol. The standard InChI is InChI=1S/C14H12ClNO2.ClH/c15-12-5-1-3-10(9-12)6-7-11-4-2-8-16-13(11)14(17)18;/h1-5,8-9H,6-7H2,(H,17,18);1H. The van der Waals surface area contributed by atoms with Crippen molar-refractivity contribution >= 4 is 30.0 Å². The maximum Gasteiger partial charge on any atom is 0.354 e. The van der Waals surface area contributed by atoms with Crippen LogP contribution in [0.5, 0.6) is 0 Å². The van der Waals surface area contributed by atoms with Crippen molar-refractivity contribution in [3.8, 4) is 0 Å². The Balaban J connectivity index is 0.00000180. The summed E-state index contributed by atoms with van der Waals surface area (Å²) < 4.78 is 0. The van der Waals surface area contributed by atoms with Crippen molar-refractivity contribution in [2.75, 3.05) is 0 Å². The van der Waals surface area contributed by atoms with Gasteiger partial charge in [-0.15, -0.1) is 12.4 Å². The maximum atomic E-state index is 11.0. The molecular formula is C14H13Cl2NO2. The second-order valence-corrected chi connectivity index (χ2v) is 4.38. The molecule has 0 atom stereocenters. The van der Waals surface area contributed by atoms with E-state index in [2.05, 4.69) is 4.98 Å². The highest BCUT2D eigenvalue weighted by Crippen LogP contribution is 2.14. The lowest BCUT2D eigenvalue weighted by atomic mass is 10.0. The molecule has 0 unspecified atom stereocenters. The van der Waals surface area contributed by atoms with E-state index in [4.69, 9.17) is 16.7 Å². The summed E-state index contributed by atoms with van der Waals surface area (Å²) in [5, 5.41) is 9.72. The van der Waals surface area contributed by atoms with Gasteiger partial charge in [0.25, 0.3) is 0 Å². The number of aromatic carboxylic acids is 1. The Bertz CT molecular complexity index is 573. The molecule has 2 rings (SSSR count). The first kappa shape index (κ1) is 15.5. The van der Waals surface area contributed by atoms with E-state index in [-0.39, 0.29) is 18.1 Å². The fourth-order valence-electron chi connectivity index (χ4n) is 1.80. The Morgan fingerprint density at radius 3 is 2.68 bits per heavy atom. The van der Waals surface area contributed by atoms with Gasteiger partial charge >= 0.3 is 5.97 Å². The highest BCUT2D eigenvalue weighted by molar-refractivity contribution is 6.30. The smallest absolute Gasteiger partial charge is 0.354 e. The van der Waals surface area contributed by atoms with Crippen LogP contribution in [-0.2, 0) is 12.8 Å². The summed E-state index contributed by atoms with van der Waals surface area (Å²) in [5.74, 6) is -0.989. The number of nitrogens with zero attached hydrogens (tertiary/aromatic N) is 1. The number of aromatic nitrogens is 1. The van der Waals surface area contributed by atoms with E-state index in [1.54, 1.807) is 12.1 Å². The van der Waals surface area contributed by atoms with Gasteiger partial charge in [-0.3, -0.25) is 0 Å². The molecule has 0 fully saturated rings. The molecule has 2 aromatic rings. The second-order valence-electron chi connectivity index (χ2n) is 3.95. The lowest BCUT2D eigenvalue weighted by Gasteiger charge is -2.05. The third-order valence-corrected chi connectivity index (χ3v) is 2.90. The number of halogens is 2. The third kappa shape index (κ3) is 4.23. The first-order valence-corrected chi connectivity index (χ1v) is 5.96. The first-order valence-electron chi connectivity index (χ1n) is 5.58. The lowest BCUT2D eigenvalue weighted by molar-refractivity contribution is 0.0689. The van der Waals surface area contributed by atoms with Crippen LogP contribution in [0.2, 0.25) is 5.02 Å². The van der Waals surface area contributed by atoms with Crippen LogP contribution in [0.25, 0.3) is 0 Å². The fraction of sp³-hybridized carbons (Fsp3) is 0.143. The van der Waals surface area contributed by atoms with Crippen LogP contribution in [0.3, 0.4) is 0 Å². The lowest BCUT2D eigenvalue weighted by Crippen LogP contribution is -2.06. The number of benzene rings is 1. The van der Waals surface area contributed by atoms with Gasteiger partial charge in [-0.2, -0.15) is 0 Å². The molecule has 0 aliphatic rings. The molecule has 0 amide bonds. The first-order chi connectivity index (χ1) is 8.66. The van der Waals surface area contributed by atoms with Crippen molar-refractivity contribution in [2.45, 2.75) is 12.8 Å². The van der Waals surface area contributed by atoms with Crippen LogP contribution in [-0.4, -0.2) is 16.1 Å². The number of carboxylic acids is 1. The van der Waals surface area contributed by atoms with Crippen molar-refractivity contribution in [3.63, 3.8) is 0 Å². The maximum absolute atomic E-state index is 11.0. The summed E-state index contributed by atoms with van der Waals surface area (Å²) in [4.78, 5) is 14.9.